The molecule has 0 heterocycles. The number of nitrogens with zero attached hydrogens (tertiary/aromatic N) is 2. The van der Waals surface area contributed by atoms with Gasteiger partial charge < -0.3 is 4.74 Å². The van der Waals surface area contributed by atoms with E-state index >= 15 is 0 Å². The highest BCUT2D eigenvalue weighted by molar-refractivity contribution is 5.78. The fraction of sp³-hybridized carbons (Fsp3) is 0.200. The zero-order valence-electron chi connectivity index (χ0n) is 4.79. The summed E-state index contributed by atoms with van der Waals surface area (Å²) in [5.74, 6) is 0. The molecule has 0 fully saturated rings. The van der Waals surface area contributed by atoms with E-state index in [0.717, 1.165) is 0 Å². The van der Waals surface area contributed by atoms with Crippen molar-refractivity contribution in [3.05, 3.63) is 12.8 Å². The highest BCUT2D eigenvalue weighted by atomic mass is 16.5. The van der Waals surface area contributed by atoms with Crippen molar-refractivity contribution in [2.24, 2.45) is 9.98 Å². The standard InChI is InChI=1S/C5H8N2O/c1-4-7-5(6-2)8-3/h4H,1-2H2,3H3. The Bertz CT molecular complexity index is 118. The van der Waals surface area contributed by atoms with Crippen LogP contribution in [0.4, 0.5) is 0 Å². The van der Waals surface area contributed by atoms with Crippen LogP contribution >= 0.6 is 0 Å². The minimum Gasteiger partial charge on any atom is -0.467 e. The molecule has 0 aromatic heterocycles. The molecule has 44 valence electrons. The third-order valence-electron chi connectivity index (χ3n) is 0.520. The zero-order valence-corrected chi connectivity index (χ0v) is 4.79. The molecule has 0 spiro atoms. The van der Waals surface area contributed by atoms with Crippen molar-refractivity contribution in [2.45, 2.75) is 0 Å². The molecule has 8 heavy (non-hydrogen) atoms. The molecule has 0 aliphatic rings. The first-order valence-corrected chi connectivity index (χ1v) is 2.04. The van der Waals surface area contributed by atoms with E-state index in [1.165, 1.54) is 13.3 Å². The average Bonchev–Trinajstić information content (AvgIpc) is 1.83. The van der Waals surface area contributed by atoms with Gasteiger partial charge in [-0.25, -0.2) is 9.98 Å². The first kappa shape index (κ1) is 6.88. The summed E-state index contributed by atoms with van der Waals surface area (Å²) in [6.45, 7) is 6.54. The number of hydrogen-bond donors (Lipinski definition) is 0. The van der Waals surface area contributed by atoms with Gasteiger partial charge in [0.05, 0.1) is 7.11 Å². The maximum Gasteiger partial charge on any atom is 0.315 e. The largest absolute Gasteiger partial charge is 0.467 e. The second-order valence-corrected chi connectivity index (χ2v) is 0.956. The summed E-state index contributed by atoms with van der Waals surface area (Å²) >= 11 is 0. The Labute approximate surface area is 48.4 Å². The van der Waals surface area contributed by atoms with Crippen molar-refractivity contribution in [1.29, 1.82) is 0 Å². The normalized spacial score (nSPS) is 10.4. The fourth-order valence-electron chi connectivity index (χ4n) is 0.236. The van der Waals surface area contributed by atoms with E-state index in [2.05, 4.69) is 28.0 Å². The van der Waals surface area contributed by atoms with Crippen LogP contribution in [-0.4, -0.2) is 19.8 Å². The SMILES string of the molecule is C=CN=C(N=C)OC. The van der Waals surface area contributed by atoms with Gasteiger partial charge in [-0.1, -0.05) is 6.58 Å². The topological polar surface area (TPSA) is 34.0 Å². The summed E-state index contributed by atoms with van der Waals surface area (Å²) in [5, 5.41) is 0. The van der Waals surface area contributed by atoms with Crippen molar-refractivity contribution in [2.75, 3.05) is 7.11 Å². The number of ether oxygens (including phenoxy) is 1. The van der Waals surface area contributed by atoms with Crippen LogP contribution in [0.5, 0.6) is 0 Å². The lowest BCUT2D eigenvalue weighted by atomic mass is 11.0. The Hall–Kier alpha value is -1.12. The summed E-state index contributed by atoms with van der Waals surface area (Å²) in [6, 6.07) is 0.236. The summed E-state index contributed by atoms with van der Waals surface area (Å²) < 4.78 is 4.59. The van der Waals surface area contributed by atoms with Gasteiger partial charge in [-0.15, -0.1) is 0 Å². The van der Waals surface area contributed by atoms with Gasteiger partial charge in [-0.2, -0.15) is 0 Å². The molecule has 0 saturated carbocycles. The van der Waals surface area contributed by atoms with Crippen molar-refractivity contribution >= 4 is 12.7 Å². The van der Waals surface area contributed by atoms with Gasteiger partial charge in [-0.3, -0.25) is 0 Å². The minimum absolute atomic E-state index is 0.236. The Morgan fingerprint density at radius 3 is 2.50 bits per heavy atom. The molecule has 0 saturated heterocycles. The van der Waals surface area contributed by atoms with Gasteiger partial charge >= 0.3 is 6.02 Å². The lowest BCUT2D eigenvalue weighted by Gasteiger charge is -1.91. The van der Waals surface area contributed by atoms with Crippen LogP contribution in [0.3, 0.4) is 0 Å². The molecule has 3 nitrogen and oxygen atoms in total. The lowest BCUT2D eigenvalue weighted by Crippen LogP contribution is -1.93. The number of aliphatic imine (C=N–C) groups is 2. The molecule has 0 aromatic rings. The highest BCUT2D eigenvalue weighted by Gasteiger charge is 1.83. The van der Waals surface area contributed by atoms with Crippen LogP contribution < -0.4 is 0 Å². The van der Waals surface area contributed by atoms with Crippen LogP contribution in [0.25, 0.3) is 0 Å². The van der Waals surface area contributed by atoms with E-state index < -0.39 is 0 Å². The summed E-state index contributed by atoms with van der Waals surface area (Å²) in [6.07, 6.45) is 1.34. The van der Waals surface area contributed by atoms with Crippen LogP contribution in [0.1, 0.15) is 0 Å². The molecular formula is C5H8N2O. The molecule has 0 rings (SSSR count). The van der Waals surface area contributed by atoms with Crippen LogP contribution in [0.2, 0.25) is 0 Å². The van der Waals surface area contributed by atoms with E-state index in [-0.39, 0.29) is 6.02 Å². The first-order chi connectivity index (χ1) is 3.85. The molecule has 0 aromatic carbocycles. The Kier molecular flexibility index (Phi) is 3.48. The number of amidine groups is 1. The molecule has 0 unspecified atom stereocenters. The number of methoxy groups -OCH3 is 1. The van der Waals surface area contributed by atoms with Crippen molar-refractivity contribution in [3.8, 4) is 0 Å². The average molecular weight is 112 g/mol. The molecule has 0 aliphatic heterocycles. The molecule has 0 N–H and O–H groups in total. The number of hydrogen-bond acceptors (Lipinski definition) is 2. The first-order valence-electron chi connectivity index (χ1n) is 2.04. The van der Waals surface area contributed by atoms with Crippen LogP contribution in [0, 0.1) is 0 Å². The van der Waals surface area contributed by atoms with Gasteiger partial charge in [0, 0.05) is 6.20 Å². The van der Waals surface area contributed by atoms with Gasteiger partial charge in [0.2, 0.25) is 0 Å². The molecule has 0 radical (unpaired) electrons. The van der Waals surface area contributed by atoms with Gasteiger partial charge in [0.15, 0.2) is 0 Å². The predicted molar refractivity (Wildman–Crippen MR) is 34.2 cm³/mol. The minimum atomic E-state index is 0.236. The van der Waals surface area contributed by atoms with Crippen LogP contribution in [0.15, 0.2) is 22.8 Å². The molecule has 0 bridgehead atoms. The Morgan fingerprint density at radius 2 is 2.38 bits per heavy atom. The molecule has 0 atom stereocenters. The van der Waals surface area contributed by atoms with Crippen molar-refractivity contribution in [1.82, 2.24) is 0 Å². The van der Waals surface area contributed by atoms with E-state index in [1.807, 2.05) is 0 Å². The van der Waals surface area contributed by atoms with Gasteiger partial charge in [0.1, 0.15) is 0 Å². The predicted octanol–water partition coefficient (Wildman–Crippen LogP) is 0.833. The van der Waals surface area contributed by atoms with E-state index in [1.54, 1.807) is 0 Å². The summed E-state index contributed by atoms with van der Waals surface area (Å²) in [5.41, 5.74) is 0. The van der Waals surface area contributed by atoms with E-state index in [9.17, 15) is 0 Å². The molecule has 3 heteroatoms. The van der Waals surface area contributed by atoms with Crippen molar-refractivity contribution in [3.63, 3.8) is 0 Å². The Morgan fingerprint density at radius 1 is 1.75 bits per heavy atom. The second kappa shape index (κ2) is 4.05. The zero-order chi connectivity index (χ0) is 6.41. The third kappa shape index (κ3) is 2.12. The Balaban J connectivity index is 3.84. The highest BCUT2D eigenvalue weighted by Crippen LogP contribution is 1.79. The summed E-state index contributed by atoms with van der Waals surface area (Å²) in [4.78, 5) is 6.99. The van der Waals surface area contributed by atoms with E-state index in [4.69, 9.17) is 0 Å². The molecular weight excluding hydrogens is 104 g/mol. The monoisotopic (exact) mass is 112 g/mol. The molecule has 0 amide bonds. The fourth-order valence-corrected chi connectivity index (χ4v) is 0.236. The lowest BCUT2D eigenvalue weighted by molar-refractivity contribution is 0.397. The van der Waals surface area contributed by atoms with E-state index in [0.29, 0.717) is 0 Å². The quantitative estimate of drug-likeness (QED) is 0.365. The van der Waals surface area contributed by atoms with Gasteiger partial charge in [0.25, 0.3) is 0 Å². The maximum atomic E-state index is 4.59. The molecule has 0 aliphatic carbocycles. The maximum absolute atomic E-state index is 4.59. The second-order valence-electron chi connectivity index (χ2n) is 0.956. The van der Waals surface area contributed by atoms with Crippen molar-refractivity contribution < 1.29 is 4.74 Å². The smallest absolute Gasteiger partial charge is 0.315 e. The number of rotatable bonds is 1. The summed E-state index contributed by atoms with van der Waals surface area (Å²) in [7, 11) is 1.47. The van der Waals surface area contributed by atoms with Gasteiger partial charge in [-0.05, 0) is 6.72 Å². The van der Waals surface area contributed by atoms with Crippen LogP contribution in [-0.2, 0) is 4.74 Å². The third-order valence-corrected chi connectivity index (χ3v) is 0.520.